The van der Waals surface area contributed by atoms with Crippen molar-refractivity contribution in [3.05, 3.63) is 89.7 Å². The highest BCUT2D eigenvalue weighted by Gasteiger charge is 2.17. The molecule has 0 bridgehead atoms. The number of carbonyl (C=O) groups is 1. The zero-order chi connectivity index (χ0) is 24.6. The fraction of sp³-hybridized carbons (Fsp3) is 0.259. The molecule has 2 heterocycles. The van der Waals surface area contributed by atoms with Crippen molar-refractivity contribution in [1.29, 1.82) is 0 Å². The van der Waals surface area contributed by atoms with Crippen molar-refractivity contribution in [2.45, 2.75) is 45.1 Å². The molecular weight excluding hydrogens is 458 g/mol. The third-order valence-corrected chi connectivity index (χ3v) is 6.57. The standard InChI is InChI=1S/C27H29N5O2S/c1-4-32-26(24-14-6-5-10-19(24)2)30-31-27(32)35-18-25(33)29-20(3)21-11-9-13-23(16-21)34-17-22-12-7-8-15-28-22/h5-16,20H,4,17-18H2,1-3H3,(H,29,33). The molecule has 35 heavy (non-hydrogen) atoms. The summed E-state index contributed by atoms with van der Waals surface area (Å²) < 4.78 is 7.92. The second-order valence-electron chi connectivity index (χ2n) is 8.13. The minimum absolute atomic E-state index is 0.0644. The Hall–Kier alpha value is -3.65. The average molecular weight is 488 g/mol. The smallest absolute Gasteiger partial charge is 0.230 e. The second kappa shape index (κ2) is 11.7. The van der Waals surface area contributed by atoms with Crippen molar-refractivity contribution in [2.75, 3.05) is 5.75 Å². The summed E-state index contributed by atoms with van der Waals surface area (Å²) in [6.45, 7) is 7.20. The van der Waals surface area contributed by atoms with Crippen molar-refractivity contribution in [3.8, 4) is 17.1 Å². The number of benzene rings is 2. The quantitative estimate of drug-likeness (QED) is 0.309. The van der Waals surface area contributed by atoms with Gasteiger partial charge in [-0.2, -0.15) is 0 Å². The maximum absolute atomic E-state index is 12.7. The predicted molar refractivity (Wildman–Crippen MR) is 138 cm³/mol. The first-order valence-corrected chi connectivity index (χ1v) is 12.6. The highest BCUT2D eigenvalue weighted by Crippen LogP contribution is 2.26. The Balaban J connectivity index is 1.34. The molecular formula is C27H29N5O2S. The molecule has 0 spiro atoms. The minimum Gasteiger partial charge on any atom is -0.487 e. The first-order valence-electron chi connectivity index (χ1n) is 11.6. The molecule has 0 fully saturated rings. The normalized spacial score (nSPS) is 11.7. The van der Waals surface area contributed by atoms with Crippen LogP contribution in [0.4, 0.5) is 0 Å². The van der Waals surface area contributed by atoms with Gasteiger partial charge >= 0.3 is 0 Å². The number of aromatic nitrogens is 4. The van der Waals surface area contributed by atoms with Crippen LogP contribution in [-0.2, 0) is 17.9 Å². The van der Waals surface area contributed by atoms with E-state index in [1.807, 2.05) is 72.2 Å². The molecule has 1 unspecified atom stereocenters. The lowest BCUT2D eigenvalue weighted by molar-refractivity contribution is -0.119. The van der Waals surface area contributed by atoms with E-state index in [0.29, 0.717) is 6.61 Å². The van der Waals surface area contributed by atoms with Crippen LogP contribution in [0.15, 0.2) is 78.1 Å². The minimum atomic E-state index is -0.159. The van der Waals surface area contributed by atoms with Gasteiger partial charge in [0.2, 0.25) is 5.91 Å². The summed E-state index contributed by atoms with van der Waals surface area (Å²) in [7, 11) is 0. The summed E-state index contributed by atoms with van der Waals surface area (Å²) in [6.07, 6.45) is 1.75. The Morgan fingerprint density at radius 1 is 1.09 bits per heavy atom. The third-order valence-electron chi connectivity index (χ3n) is 5.60. The molecule has 0 saturated heterocycles. The first-order chi connectivity index (χ1) is 17.0. The number of carbonyl (C=O) groups excluding carboxylic acids is 1. The maximum Gasteiger partial charge on any atom is 0.230 e. The summed E-state index contributed by atoms with van der Waals surface area (Å²) in [5.74, 6) is 1.75. The number of amides is 1. The summed E-state index contributed by atoms with van der Waals surface area (Å²) in [6, 6.07) is 21.4. The molecule has 0 aliphatic rings. The van der Waals surface area contributed by atoms with Crippen LogP contribution in [0, 0.1) is 6.92 Å². The molecule has 2 aromatic heterocycles. The number of hydrogen-bond donors (Lipinski definition) is 1. The van der Waals surface area contributed by atoms with E-state index in [4.69, 9.17) is 4.74 Å². The lowest BCUT2D eigenvalue weighted by Gasteiger charge is -2.16. The lowest BCUT2D eigenvalue weighted by Crippen LogP contribution is -2.28. The van der Waals surface area contributed by atoms with E-state index in [9.17, 15) is 4.79 Å². The zero-order valence-electron chi connectivity index (χ0n) is 20.1. The van der Waals surface area contributed by atoms with Crippen molar-refractivity contribution < 1.29 is 9.53 Å². The number of hydrogen-bond acceptors (Lipinski definition) is 6. The maximum atomic E-state index is 12.7. The number of pyridine rings is 1. The van der Waals surface area contributed by atoms with Gasteiger partial charge in [-0.25, -0.2) is 0 Å². The molecule has 0 aliphatic heterocycles. The third kappa shape index (κ3) is 6.27. The van der Waals surface area contributed by atoms with Crippen LogP contribution < -0.4 is 10.1 Å². The molecule has 2 aromatic carbocycles. The molecule has 4 aromatic rings. The highest BCUT2D eigenvalue weighted by molar-refractivity contribution is 7.99. The van der Waals surface area contributed by atoms with E-state index in [1.54, 1.807) is 6.20 Å². The van der Waals surface area contributed by atoms with Crippen molar-refractivity contribution in [1.82, 2.24) is 25.1 Å². The Labute approximate surface area is 210 Å². The van der Waals surface area contributed by atoms with Gasteiger partial charge in [0.05, 0.1) is 17.5 Å². The molecule has 180 valence electrons. The van der Waals surface area contributed by atoms with E-state index in [2.05, 4.69) is 40.4 Å². The summed E-state index contributed by atoms with van der Waals surface area (Å²) in [4.78, 5) is 17.0. The molecule has 1 amide bonds. The Morgan fingerprint density at radius 3 is 2.69 bits per heavy atom. The molecule has 8 heteroatoms. The summed E-state index contributed by atoms with van der Waals surface area (Å²) in [5, 5.41) is 12.5. The van der Waals surface area contributed by atoms with E-state index in [0.717, 1.165) is 45.7 Å². The molecule has 1 N–H and O–H groups in total. The van der Waals surface area contributed by atoms with Gasteiger partial charge in [0.1, 0.15) is 12.4 Å². The van der Waals surface area contributed by atoms with E-state index in [1.165, 1.54) is 11.8 Å². The largest absolute Gasteiger partial charge is 0.487 e. The first kappa shape index (κ1) is 24.5. The van der Waals surface area contributed by atoms with Gasteiger partial charge in [0.15, 0.2) is 11.0 Å². The predicted octanol–water partition coefficient (Wildman–Crippen LogP) is 5.22. The number of rotatable bonds is 10. The summed E-state index contributed by atoms with van der Waals surface area (Å²) >= 11 is 1.39. The number of nitrogens with zero attached hydrogens (tertiary/aromatic N) is 4. The SMILES string of the molecule is CCn1c(SCC(=O)NC(C)c2cccc(OCc3ccccn3)c2)nnc1-c1ccccc1C. The highest BCUT2D eigenvalue weighted by atomic mass is 32.2. The van der Waals surface area contributed by atoms with Crippen LogP contribution >= 0.6 is 11.8 Å². The second-order valence-corrected chi connectivity index (χ2v) is 9.07. The molecule has 1 atom stereocenters. The lowest BCUT2D eigenvalue weighted by atomic mass is 10.1. The number of thioether (sulfide) groups is 1. The van der Waals surface area contributed by atoms with Crippen LogP contribution in [-0.4, -0.2) is 31.4 Å². The molecule has 7 nitrogen and oxygen atoms in total. The molecule has 0 saturated carbocycles. The Bertz CT molecular complexity index is 1280. The van der Waals surface area contributed by atoms with Crippen LogP contribution in [0.1, 0.15) is 36.7 Å². The molecule has 4 rings (SSSR count). The fourth-order valence-corrected chi connectivity index (χ4v) is 4.53. The number of nitrogens with one attached hydrogen (secondary N) is 1. The van der Waals surface area contributed by atoms with Crippen molar-refractivity contribution in [3.63, 3.8) is 0 Å². The van der Waals surface area contributed by atoms with Crippen LogP contribution in [0.3, 0.4) is 0 Å². The van der Waals surface area contributed by atoms with Gasteiger partial charge in [-0.1, -0.05) is 54.2 Å². The topological polar surface area (TPSA) is 81.9 Å². The monoisotopic (exact) mass is 487 g/mol. The Morgan fingerprint density at radius 2 is 1.91 bits per heavy atom. The molecule has 0 aliphatic carbocycles. The van der Waals surface area contributed by atoms with Crippen LogP contribution in [0.25, 0.3) is 11.4 Å². The van der Waals surface area contributed by atoms with Gasteiger partial charge in [-0.05, 0) is 56.2 Å². The number of aryl methyl sites for hydroxylation is 1. The van der Waals surface area contributed by atoms with Crippen molar-refractivity contribution in [2.24, 2.45) is 0 Å². The van der Waals surface area contributed by atoms with Gasteiger partial charge in [0.25, 0.3) is 0 Å². The zero-order valence-corrected chi connectivity index (χ0v) is 21.0. The van der Waals surface area contributed by atoms with Crippen LogP contribution in [0.5, 0.6) is 5.75 Å². The summed E-state index contributed by atoms with van der Waals surface area (Å²) in [5.41, 5.74) is 4.03. The van der Waals surface area contributed by atoms with Gasteiger partial charge in [-0.15, -0.1) is 10.2 Å². The van der Waals surface area contributed by atoms with E-state index < -0.39 is 0 Å². The van der Waals surface area contributed by atoms with E-state index in [-0.39, 0.29) is 17.7 Å². The van der Waals surface area contributed by atoms with Gasteiger partial charge in [-0.3, -0.25) is 9.78 Å². The number of ether oxygens (including phenoxy) is 1. The van der Waals surface area contributed by atoms with Crippen LogP contribution in [0.2, 0.25) is 0 Å². The van der Waals surface area contributed by atoms with E-state index >= 15 is 0 Å². The van der Waals surface area contributed by atoms with Gasteiger partial charge in [0, 0.05) is 18.3 Å². The average Bonchev–Trinajstić information content (AvgIpc) is 3.30. The Kier molecular flexibility index (Phi) is 8.15. The van der Waals surface area contributed by atoms with Gasteiger partial charge < -0.3 is 14.6 Å². The molecule has 0 radical (unpaired) electrons. The van der Waals surface area contributed by atoms with Crippen molar-refractivity contribution >= 4 is 17.7 Å². The fourth-order valence-electron chi connectivity index (χ4n) is 3.71.